The van der Waals surface area contributed by atoms with Crippen LogP contribution in [0.4, 0.5) is 5.82 Å². The molecule has 0 bridgehead atoms. The fourth-order valence-corrected chi connectivity index (χ4v) is 3.31. The van der Waals surface area contributed by atoms with Crippen molar-refractivity contribution in [2.45, 2.75) is 52.0 Å². The lowest BCUT2D eigenvalue weighted by atomic mass is 9.99. The van der Waals surface area contributed by atoms with Crippen molar-refractivity contribution in [1.29, 1.82) is 0 Å². The number of rotatable bonds is 5. The van der Waals surface area contributed by atoms with Crippen LogP contribution in [0.5, 0.6) is 0 Å². The molecule has 116 valence electrons. The highest BCUT2D eigenvalue weighted by atomic mass is 32.1. The molecule has 1 atom stereocenters. The van der Waals surface area contributed by atoms with Gasteiger partial charge in [0.1, 0.15) is 4.99 Å². The Morgan fingerprint density at radius 2 is 2.10 bits per heavy atom. The number of aryl methyl sites for hydroxylation is 1. The molecule has 0 radical (unpaired) electrons. The van der Waals surface area contributed by atoms with E-state index in [2.05, 4.69) is 28.9 Å². The molecule has 1 aromatic heterocycles. The molecule has 1 unspecified atom stereocenters. The van der Waals surface area contributed by atoms with E-state index in [1.807, 2.05) is 0 Å². The third-order valence-corrected chi connectivity index (χ3v) is 4.39. The molecular weight excluding hydrogens is 284 g/mol. The van der Waals surface area contributed by atoms with Crippen LogP contribution in [-0.2, 0) is 12.8 Å². The molecule has 1 saturated heterocycles. The second-order valence-corrected chi connectivity index (χ2v) is 5.86. The molecular formula is C15H24N4OS. The second kappa shape index (κ2) is 7.13. The maximum absolute atomic E-state index is 9.63. The second-order valence-electron chi connectivity index (χ2n) is 5.42. The normalized spacial score (nSPS) is 18.8. The van der Waals surface area contributed by atoms with E-state index in [0.717, 1.165) is 61.3 Å². The van der Waals surface area contributed by atoms with E-state index in [4.69, 9.17) is 18.0 Å². The zero-order valence-corrected chi connectivity index (χ0v) is 13.6. The van der Waals surface area contributed by atoms with Crippen molar-refractivity contribution in [1.82, 2.24) is 10.2 Å². The lowest BCUT2D eigenvalue weighted by Gasteiger charge is -2.36. The highest BCUT2D eigenvalue weighted by molar-refractivity contribution is 7.80. The quantitative estimate of drug-likeness (QED) is 0.805. The van der Waals surface area contributed by atoms with E-state index in [-0.39, 0.29) is 12.6 Å². The zero-order valence-electron chi connectivity index (χ0n) is 12.8. The Hall–Kier alpha value is -1.27. The minimum atomic E-state index is 0.0818. The van der Waals surface area contributed by atoms with Gasteiger partial charge in [0.25, 0.3) is 0 Å². The third kappa shape index (κ3) is 3.16. The van der Waals surface area contributed by atoms with Gasteiger partial charge in [-0.15, -0.1) is 5.10 Å². The highest BCUT2D eigenvalue weighted by Gasteiger charge is 2.28. The number of aromatic nitrogens is 2. The van der Waals surface area contributed by atoms with Crippen LogP contribution in [0.1, 0.15) is 49.9 Å². The van der Waals surface area contributed by atoms with Crippen LogP contribution in [-0.4, -0.2) is 39.5 Å². The average Bonchev–Trinajstić information content (AvgIpc) is 2.52. The maximum Gasteiger partial charge on any atom is 0.162 e. The van der Waals surface area contributed by atoms with Gasteiger partial charge in [0.05, 0.1) is 23.9 Å². The first-order chi connectivity index (χ1) is 10.1. The summed E-state index contributed by atoms with van der Waals surface area (Å²) in [5.74, 6) is 0.746. The molecule has 5 nitrogen and oxygen atoms in total. The number of nitrogens with zero attached hydrogens (tertiary/aromatic N) is 3. The Balaban J connectivity index is 2.54. The summed E-state index contributed by atoms with van der Waals surface area (Å²) in [6, 6.07) is 0.0818. The number of hydrogen-bond donors (Lipinski definition) is 2. The van der Waals surface area contributed by atoms with Crippen LogP contribution in [0.15, 0.2) is 0 Å². The molecule has 1 fully saturated rings. The molecule has 1 aromatic rings. The van der Waals surface area contributed by atoms with Crippen LogP contribution in [0.2, 0.25) is 0 Å². The summed E-state index contributed by atoms with van der Waals surface area (Å²) < 4.78 is 0. The number of piperidine rings is 1. The zero-order chi connectivity index (χ0) is 15.4. The lowest BCUT2D eigenvalue weighted by molar-refractivity contribution is 0.239. The predicted molar refractivity (Wildman–Crippen MR) is 88.7 cm³/mol. The van der Waals surface area contributed by atoms with Gasteiger partial charge in [-0.2, -0.15) is 5.10 Å². The Bertz CT molecular complexity index is 521. The fraction of sp³-hybridized carbons (Fsp3) is 0.667. The van der Waals surface area contributed by atoms with Gasteiger partial charge in [-0.3, -0.25) is 0 Å². The number of nitrogens with two attached hydrogens (primary N) is 1. The van der Waals surface area contributed by atoms with Crippen LogP contribution >= 0.6 is 12.2 Å². The smallest absolute Gasteiger partial charge is 0.162 e. The molecule has 1 aliphatic heterocycles. The van der Waals surface area contributed by atoms with Crippen LogP contribution in [0.25, 0.3) is 0 Å². The van der Waals surface area contributed by atoms with Crippen LogP contribution in [0.3, 0.4) is 0 Å². The van der Waals surface area contributed by atoms with Crippen molar-refractivity contribution in [3.63, 3.8) is 0 Å². The van der Waals surface area contributed by atoms with Crippen molar-refractivity contribution in [3.8, 4) is 0 Å². The largest absolute Gasteiger partial charge is 0.394 e. The summed E-state index contributed by atoms with van der Waals surface area (Å²) in [4.78, 5) is 2.50. The van der Waals surface area contributed by atoms with Gasteiger partial charge >= 0.3 is 0 Å². The minimum Gasteiger partial charge on any atom is -0.394 e. The van der Waals surface area contributed by atoms with Crippen LogP contribution in [0, 0.1) is 0 Å². The Morgan fingerprint density at radius 1 is 1.33 bits per heavy atom. The summed E-state index contributed by atoms with van der Waals surface area (Å²) in [7, 11) is 0. The third-order valence-electron chi connectivity index (χ3n) is 4.18. The van der Waals surface area contributed by atoms with Crippen LogP contribution < -0.4 is 10.6 Å². The standard InChI is InChI=1S/C15H24N4OS/c1-3-11-12(4-2)17-18-15(13(11)14(16)21)19-8-6-5-7-10(19)9-20/h10,20H,3-9H2,1-2H3,(H2,16,21). The molecule has 0 aliphatic carbocycles. The molecule has 2 rings (SSSR count). The van der Waals surface area contributed by atoms with Gasteiger partial charge in [-0.05, 0) is 37.7 Å². The molecule has 2 heterocycles. The molecule has 1 aliphatic rings. The van der Waals surface area contributed by atoms with E-state index >= 15 is 0 Å². The Labute approximate surface area is 131 Å². The molecule has 6 heteroatoms. The van der Waals surface area contributed by atoms with E-state index in [9.17, 15) is 5.11 Å². The van der Waals surface area contributed by atoms with Gasteiger partial charge in [-0.1, -0.05) is 26.1 Å². The Morgan fingerprint density at radius 3 is 2.67 bits per heavy atom. The number of hydrogen-bond acceptors (Lipinski definition) is 5. The van der Waals surface area contributed by atoms with Gasteiger partial charge in [0.15, 0.2) is 5.82 Å². The lowest BCUT2D eigenvalue weighted by Crippen LogP contribution is -2.43. The molecule has 0 saturated carbocycles. The summed E-state index contributed by atoms with van der Waals surface area (Å²) in [5, 5.41) is 18.4. The minimum absolute atomic E-state index is 0.0818. The van der Waals surface area contributed by atoms with E-state index < -0.39 is 0 Å². The van der Waals surface area contributed by atoms with Crippen molar-refractivity contribution in [2.75, 3.05) is 18.1 Å². The van der Waals surface area contributed by atoms with Gasteiger partial charge in [-0.25, -0.2) is 0 Å². The van der Waals surface area contributed by atoms with Crippen molar-refractivity contribution in [2.24, 2.45) is 5.73 Å². The first-order valence-electron chi connectivity index (χ1n) is 7.69. The summed E-state index contributed by atoms with van der Waals surface area (Å²) in [6.07, 6.45) is 4.83. The van der Waals surface area contributed by atoms with Gasteiger partial charge in [0.2, 0.25) is 0 Å². The van der Waals surface area contributed by atoms with Crippen molar-refractivity contribution >= 4 is 23.0 Å². The van der Waals surface area contributed by atoms with E-state index in [1.54, 1.807) is 0 Å². The average molecular weight is 308 g/mol. The van der Waals surface area contributed by atoms with Gasteiger partial charge in [0, 0.05) is 6.54 Å². The maximum atomic E-state index is 9.63. The van der Waals surface area contributed by atoms with Crippen molar-refractivity contribution in [3.05, 3.63) is 16.8 Å². The fourth-order valence-electron chi connectivity index (χ4n) is 3.09. The molecule has 0 spiro atoms. The SMILES string of the molecule is CCc1nnc(N2CCCCC2CO)c(C(N)=S)c1CC. The number of anilines is 1. The summed E-state index contributed by atoms with van der Waals surface area (Å²) in [6.45, 7) is 5.13. The number of aliphatic hydroxyl groups excluding tert-OH is 1. The van der Waals surface area contributed by atoms with Crippen molar-refractivity contribution < 1.29 is 5.11 Å². The summed E-state index contributed by atoms with van der Waals surface area (Å²) in [5.41, 5.74) is 8.88. The number of thiocarbonyl (C=S) groups is 1. The summed E-state index contributed by atoms with van der Waals surface area (Å²) >= 11 is 5.28. The predicted octanol–water partition coefficient (Wildman–Crippen LogP) is 1.59. The van der Waals surface area contributed by atoms with E-state index in [0.29, 0.717) is 4.99 Å². The molecule has 3 N–H and O–H groups in total. The topological polar surface area (TPSA) is 75.3 Å². The first kappa shape index (κ1) is 16.1. The van der Waals surface area contributed by atoms with Gasteiger partial charge < -0.3 is 15.7 Å². The Kier molecular flexibility index (Phi) is 5.47. The molecule has 21 heavy (non-hydrogen) atoms. The highest BCUT2D eigenvalue weighted by Crippen LogP contribution is 2.29. The molecule has 0 amide bonds. The van der Waals surface area contributed by atoms with E-state index in [1.165, 1.54) is 0 Å². The monoisotopic (exact) mass is 308 g/mol. The molecule has 0 aromatic carbocycles. The number of aliphatic hydroxyl groups is 1. The first-order valence-corrected chi connectivity index (χ1v) is 8.10.